The molecule has 1 aromatic rings. The first-order valence-electron chi connectivity index (χ1n) is 6.44. The van der Waals surface area contributed by atoms with Gasteiger partial charge >= 0.3 is 5.97 Å². The van der Waals surface area contributed by atoms with Crippen molar-refractivity contribution >= 4 is 17.6 Å². The molecule has 2 unspecified atom stereocenters. The Morgan fingerprint density at radius 3 is 2.48 bits per heavy atom. The van der Waals surface area contributed by atoms with E-state index < -0.39 is 6.10 Å². The number of epoxide rings is 1. The first-order valence-corrected chi connectivity index (χ1v) is 6.82. The van der Waals surface area contributed by atoms with Gasteiger partial charge in [-0.05, 0) is 25.5 Å². The molecule has 0 bridgehead atoms. The molecule has 1 aliphatic heterocycles. The molecule has 1 saturated heterocycles. The number of rotatable bonds is 4. The minimum Gasteiger partial charge on any atom is -0.464 e. The van der Waals surface area contributed by atoms with Crippen LogP contribution in [-0.2, 0) is 14.3 Å². The lowest BCUT2D eigenvalue weighted by Gasteiger charge is -1.96. The van der Waals surface area contributed by atoms with Crippen molar-refractivity contribution < 1.29 is 14.3 Å². The van der Waals surface area contributed by atoms with Crippen molar-refractivity contribution in [1.82, 2.24) is 0 Å². The molecule has 0 N–H and O–H groups in total. The van der Waals surface area contributed by atoms with Crippen LogP contribution in [0.5, 0.6) is 0 Å². The van der Waals surface area contributed by atoms with E-state index in [2.05, 4.69) is 6.58 Å². The number of hydrogen-bond donors (Lipinski definition) is 0. The van der Waals surface area contributed by atoms with Crippen LogP contribution < -0.4 is 0 Å². The van der Waals surface area contributed by atoms with Gasteiger partial charge in [0.1, 0.15) is 6.10 Å². The Balaban J connectivity index is 0.000000495. The second kappa shape index (κ2) is 10.2. The molecule has 1 fully saturated rings. The highest BCUT2D eigenvalue weighted by molar-refractivity contribution is 6.30. The highest BCUT2D eigenvalue weighted by Gasteiger charge is 2.47. The van der Waals surface area contributed by atoms with E-state index in [0.29, 0.717) is 11.6 Å². The number of ether oxygens (including phenoxy) is 2. The average Bonchev–Trinajstić information content (AvgIpc) is 3.21. The van der Waals surface area contributed by atoms with Crippen LogP contribution in [0.4, 0.5) is 0 Å². The Kier molecular flexibility index (Phi) is 9.42. The zero-order chi connectivity index (χ0) is 15.0. The molecular weight excluding hydrogens is 288 g/mol. The fraction of sp³-hybridized carbons (Fsp3) is 0.353. The van der Waals surface area contributed by atoms with Crippen molar-refractivity contribution in [2.24, 2.45) is 0 Å². The zero-order valence-electron chi connectivity index (χ0n) is 11.7. The van der Waals surface area contributed by atoms with E-state index in [-0.39, 0.29) is 19.5 Å². The van der Waals surface area contributed by atoms with Gasteiger partial charge in [0.2, 0.25) is 0 Å². The Morgan fingerprint density at radius 2 is 2.05 bits per heavy atom. The van der Waals surface area contributed by atoms with E-state index in [9.17, 15) is 4.79 Å². The zero-order valence-corrected chi connectivity index (χ0v) is 12.5. The molecule has 1 aromatic carbocycles. The summed E-state index contributed by atoms with van der Waals surface area (Å²) >= 11 is 5.30. The Bertz CT molecular complexity index is 468. The Hall–Kier alpha value is -1.58. The number of hydrogen-bond acceptors (Lipinski definition) is 3. The van der Waals surface area contributed by atoms with Crippen molar-refractivity contribution in [1.29, 1.82) is 0 Å². The van der Waals surface area contributed by atoms with Crippen molar-refractivity contribution in [2.75, 3.05) is 6.61 Å². The van der Waals surface area contributed by atoms with Gasteiger partial charge in [0.05, 0.1) is 6.61 Å². The van der Waals surface area contributed by atoms with Crippen LogP contribution in [0.3, 0.4) is 0 Å². The molecule has 116 valence electrons. The predicted molar refractivity (Wildman–Crippen MR) is 87.2 cm³/mol. The van der Waals surface area contributed by atoms with Crippen LogP contribution in [0.1, 0.15) is 32.9 Å². The minimum atomic E-state index is -0.391. The third-order valence-electron chi connectivity index (χ3n) is 2.49. The maximum atomic E-state index is 11.2. The number of carbonyl (C=O) groups is 1. The molecule has 0 amide bonds. The molecule has 0 aromatic heterocycles. The van der Waals surface area contributed by atoms with Crippen LogP contribution in [0.15, 0.2) is 54.1 Å². The lowest BCUT2D eigenvalue weighted by Crippen LogP contribution is -2.11. The van der Waals surface area contributed by atoms with E-state index in [1.165, 1.54) is 0 Å². The molecule has 3 nitrogen and oxygen atoms in total. The molecule has 0 aliphatic carbocycles. The van der Waals surface area contributed by atoms with Crippen LogP contribution >= 0.6 is 11.6 Å². The summed E-state index contributed by atoms with van der Waals surface area (Å²) in [6.07, 6.45) is 3.09. The summed E-state index contributed by atoms with van der Waals surface area (Å²) in [6, 6.07) is 9.69. The van der Waals surface area contributed by atoms with Gasteiger partial charge in [0, 0.05) is 5.03 Å². The second-order valence-corrected chi connectivity index (χ2v) is 4.57. The van der Waals surface area contributed by atoms with E-state index in [0.717, 1.165) is 5.56 Å². The van der Waals surface area contributed by atoms with Crippen molar-refractivity contribution in [3.05, 3.63) is 59.7 Å². The summed E-state index contributed by atoms with van der Waals surface area (Å²) in [6.45, 7) is 7.51. The number of allylic oxidation sites excluding steroid dienone is 3. The van der Waals surface area contributed by atoms with Gasteiger partial charge in [-0.2, -0.15) is 0 Å². The van der Waals surface area contributed by atoms with Crippen molar-refractivity contribution in [3.63, 3.8) is 0 Å². The maximum absolute atomic E-state index is 11.2. The monoisotopic (exact) mass is 310 g/mol. The van der Waals surface area contributed by atoms with Gasteiger partial charge in [-0.15, -0.1) is 0 Å². The lowest BCUT2D eigenvalue weighted by atomic mass is 10.1. The van der Waals surface area contributed by atoms with Crippen LogP contribution in [0.2, 0.25) is 0 Å². The molecule has 0 spiro atoms. The number of halogens is 1. The smallest absolute Gasteiger partial charge is 0.338 e. The Labute approximate surface area is 132 Å². The summed E-state index contributed by atoms with van der Waals surface area (Å²) in [7, 11) is 0. The normalized spacial score (nSPS) is 19.0. The van der Waals surface area contributed by atoms with Gasteiger partial charge in [-0.25, -0.2) is 4.79 Å². The summed E-state index contributed by atoms with van der Waals surface area (Å²) in [5, 5.41) is 0.581. The van der Waals surface area contributed by atoms with Crippen LogP contribution in [0.25, 0.3) is 0 Å². The molecule has 1 heterocycles. The molecular formula is C17H23ClO3. The fourth-order valence-corrected chi connectivity index (χ4v) is 1.72. The summed E-state index contributed by atoms with van der Waals surface area (Å²) < 4.78 is 10.1. The van der Waals surface area contributed by atoms with Gasteiger partial charge < -0.3 is 9.47 Å². The minimum absolute atomic E-state index is 0. The Morgan fingerprint density at radius 1 is 1.43 bits per heavy atom. The third kappa shape index (κ3) is 7.11. The van der Waals surface area contributed by atoms with Gasteiger partial charge in [-0.3, -0.25) is 0 Å². The highest BCUT2D eigenvalue weighted by Crippen LogP contribution is 2.39. The molecule has 2 rings (SSSR count). The number of carbonyl (C=O) groups excluding carboxylic acids is 1. The second-order valence-electron chi connectivity index (χ2n) is 4.09. The molecule has 21 heavy (non-hydrogen) atoms. The third-order valence-corrected chi connectivity index (χ3v) is 2.61. The molecule has 4 heteroatoms. The SMILES string of the molecule is C.C=C(Cl)/C=C\C.CCOC(=O)C1OC1c1ccccc1. The first-order chi connectivity index (χ1) is 9.60. The van der Waals surface area contributed by atoms with Gasteiger partial charge in [0.15, 0.2) is 6.10 Å². The van der Waals surface area contributed by atoms with Crippen LogP contribution in [0, 0.1) is 0 Å². The average molecular weight is 311 g/mol. The van der Waals surface area contributed by atoms with Gasteiger partial charge in [0.25, 0.3) is 0 Å². The van der Waals surface area contributed by atoms with Crippen LogP contribution in [-0.4, -0.2) is 18.7 Å². The van der Waals surface area contributed by atoms with Crippen molar-refractivity contribution in [2.45, 2.75) is 33.5 Å². The van der Waals surface area contributed by atoms with Gasteiger partial charge in [-0.1, -0.05) is 62.0 Å². The maximum Gasteiger partial charge on any atom is 0.338 e. The highest BCUT2D eigenvalue weighted by atomic mass is 35.5. The predicted octanol–water partition coefficient (Wildman–Crippen LogP) is 4.64. The number of esters is 1. The van der Waals surface area contributed by atoms with E-state index in [1.807, 2.05) is 43.3 Å². The summed E-state index contributed by atoms with van der Waals surface area (Å²) in [5.74, 6) is -0.263. The fourth-order valence-electron chi connectivity index (χ4n) is 1.59. The molecule has 2 atom stereocenters. The quantitative estimate of drug-likeness (QED) is 0.462. The largest absolute Gasteiger partial charge is 0.464 e. The number of benzene rings is 1. The molecule has 0 radical (unpaired) electrons. The van der Waals surface area contributed by atoms with E-state index in [4.69, 9.17) is 21.1 Å². The first kappa shape index (κ1) is 19.4. The van der Waals surface area contributed by atoms with E-state index in [1.54, 1.807) is 13.0 Å². The van der Waals surface area contributed by atoms with Crippen molar-refractivity contribution in [3.8, 4) is 0 Å². The molecule has 0 saturated carbocycles. The summed E-state index contributed by atoms with van der Waals surface area (Å²) in [4.78, 5) is 11.2. The lowest BCUT2D eigenvalue weighted by molar-refractivity contribution is -0.144. The molecule has 1 aliphatic rings. The topological polar surface area (TPSA) is 38.8 Å². The van der Waals surface area contributed by atoms with E-state index >= 15 is 0 Å². The standard InChI is InChI=1S/C11H12O3.C5H7Cl.CH4/c1-2-13-11(12)10-9(14-10)8-6-4-3-5-7-8;1-3-4-5(2)6;/h3-7,9-10H,2H2,1H3;3-4H,2H2,1H3;1H4/b;4-3-;. The summed E-state index contributed by atoms with van der Waals surface area (Å²) in [5.41, 5.74) is 1.03.